The Labute approximate surface area is 185 Å². The fourth-order valence-corrected chi connectivity index (χ4v) is 8.09. The maximum absolute atomic E-state index is 7.03. The van der Waals surface area contributed by atoms with Gasteiger partial charge in [0.25, 0.3) is 0 Å². The fourth-order valence-electron chi connectivity index (χ4n) is 8.09. The number of aryl methyl sites for hydroxylation is 1. The zero-order valence-electron chi connectivity index (χ0n) is 18.6. The van der Waals surface area contributed by atoms with E-state index >= 15 is 0 Å². The van der Waals surface area contributed by atoms with Crippen LogP contribution in [0.15, 0.2) is 36.4 Å². The van der Waals surface area contributed by atoms with Gasteiger partial charge in [-0.1, -0.05) is 24.3 Å². The Balaban J connectivity index is 1.40. The lowest BCUT2D eigenvalue weighted by molar-refractivity contribution is -0.0525. The molecule has 4 heteroatoms. The highest BCUT2D eigenvalue weighted by molar-refractivity contribution is 5.63. The lowest BCUT2D eigenvalue weighted by Gasteiger charge is -2.60. The van der Waals surface area contributed by atoms with Gasteiger partial charge in [-0.3, -0.25) is 0 Å². The van der Waals surface area contributed by atoms with Crippen LogP contribution in [0.25, 0.3) is 0 Å². The van der Waals surface area contributed by atoms with E-state index in [0.717, 1.165) is 24.5 Å². The van der Waals surface area contributed by atoms with Crippen LogP contribution in [-0.4, -0.2) is 50.3 Å². The fraction of sp³-hybridized carbons (Fsp3) is 0.556. The average molecular weight is 417 g/mol. The first kappa shape index (κ1) is 18.4. The summed E-state index contributed by atoms with van der Waals surface area (Å²) in [6, 6.07) is 14.6. The second kappa shape index (κ2) is 6.41. The Bertz CT molecular complexity index is 1050. The number of anilines is 1. The molecule has 5 aliphatic rings. The maximum Gasteiger partial charge on any atom is 0.165 e. The van der Waals surface area contributed by atoms with Crippen molar-refractivity contribution < 1.29 is 9.47 Å². The topological polar surface area (TPSA) is 24.9 Å². The van der Waals surface area contributed by atoms with Gasteiger partial charge >= 0.3 is 0 Å². The lowest BCUT2D eigenvalue weighted by Crippen LogP contribution is -2.68. The molecule has 162 valence electrons. The minimum absolute atomic E-state index is 0.143. The number of ether oxygens (including phenoxy) is 2. The molecule has 7 rings (SSSR count). The number of para-hydroxylation sites is 1. The van der Waals surface area contributed by atoms with Gasteiger partial charge in [0.1, 0.15) is 6.10 Å². The molecular formula is C27H32N2O2. The molecule has 0 N–H and O–H groups in total. The predicted octanol–water partition coefficient (Wildman–Crippen LogP) is 4.19. The monoisotopic (exact) mass is 416 g/mol. The van der Waals surface area contributed by atoms with Crippen LogP contribution in [0.2, 0.25) is 0 Å². The second-order valence-corrected chi connectivity index (χ2v) is 10.4. The third kappa shape index (κ3) is 2.24. The van der Waals surface area contributed by atoms with Crippen LogP contribution in [0.1, 0.15) is 42.4 Å². The third-order valence-corrected chi connectivity index (χ3v) is 9.31. The quantitative estimate of drug-likeness (QED) is 0.733. The molecule has 0 aromatic heterocycles. The van der Waals surface area contributed by atoms with E-state index < -0.39 is 0 Å². The smallest absolute Gasteiger partial charge is 0.165 e. The van der Waals surface area contributed by atoms with Crippen LogP contribution in [0.5, 0.6) is 11.5 Å². The van der Waals surface area contributed by atoms with Crippen molar-refractivity contribution in [1.82, 2.24) is 4.90 Å². The number of hydrogen-bond acceptors (Lipinski definition) is 4. The Morgan fingerprint density at radius 2 is 1.94 bits per heavy atom. The predicted molar refractivity (Wildman–Crippen MR) is 122 cm³/mol. The van der Waals surface area contributed by atoms with Gasteiger partial charge < -0.3 is 19.3 Å². The van der Waals surface area contributed by atoms with Crippen LogP contribution < -0.4 is 14.4 Å². The Hall–Kier alpha value is -2.20. The molecule has 2 aromatic carbocycles. The molecule has 2 bridgehead atoms. The van der Waals surface area contributed by atoms with Crippen LogP contribution in [0.3, 0.4) is 0 Å². The van der Waals surface area contributed by atoms with E-state index in [4.69, 9.17) is 9.47 Å². The number of fused-ring (bicyclic) bond motifs is 1. The van der Waals surface area contributed by atoms with E-state index in [1.165, 1.54) is 61.0 Å². The number of hydrogen-bond donors (Lipinski definition) is 0. The Morgan fingerprint density at radius 1 is 1.03 bits per heavy atom. The van der Waals surface area contributed by atoms with E-state index in [-0.39, 0.29) is 11.5 Å². The second-order valence-electron chi connectivity index (χ2n) is 10.4. The molecule has 1 spiro atoms. The summed E-state index contributed by atoms with van der Waals surface area (Å²) < 4.78 is 12.9. The summed E-state index contributed by atoms with van der Waals surface area (Å²) in [5.74, 6) is 2.68. The first-order valence-corrected chi connectivity index (χ1v) is 12.1. The Morgan fingerprint density at radius 3 is 2.84 bits per heavy atom. The number of methoxy groups -OCH3 is 1. The van der Waals surface area contributed by atoms with Gasteiger partial charge in [-0.15, -0.1) is 0 Å². The van der Waals surface area contributed by atoms with Gasteiger partial charge in [0, 0.05) is 29.3 Å². The van der Waals surface area contributed by atoms with Gasteiger partial charge in [0.2, 0.25) is 0 Å². The van der Waals surface area contributed by atoms with Gasteiger partial charge in [-0.25, -0.2) is 0 Å². The molecule has 0 radical (unpaired) electrons. The molecule has 5 atom stereocenters. The van der Waals surface area contributed by atoms with E-state index in [1.54, 1.807) is 7.11 Å². The summed E-state index contributed by atoms with van der Waals surface area (Å²) in [4.78, 5) is 5.35. The number of likely N-dealkylation sites (tertiary alicyclic amines) is 1. The third-order valence-electron chi connectivity index (χ3n) is 9.31. The molecule has 1 saturated carbocycles. The molecule has 31 heavy (non-hydrogen) atoms. The van der Waals surface area contributed by atoms with Crippen LogP contribution in [0, 0.1) is 5.92 Å². The molecule has 1 saturated heterocycles. The van der Waals surface area contributed by atoms with Crippen LogP contribution in [-0.2, 0) is 18.3 Å². The largest absolute Gasteiger partial charge is 0.493 e. The molecule has 0 amide bonds. The van der Waals surface area contributed by atoms with Crippen molar-refractivity contribution in [2.24, 2.45) is 5.92 Å². The molecule has 2 aliphatic carbocycles. The summed E-state index contributed by atoms with van der Waals surface area (Å²) in [5.41, 5.74) is 6.11. The summed E-state index contributed by atoms with van der Waals surface area (Å²) >= 11 is 0. The number of piperidine rings is 1. The van der Waals surface area contributed by atoms with E-state index in [2.05, 4.69) is 53.2 Å². The van der Waals surface area contributed by atoms with Crippen LogP contribution >= 0.6 is 0 Å². The summed E-state index contributed by atoms with van der Waals surface area (Å²) in [7, 11) is 4.13. The van der Waals surface area contributed by atoms with E-state index in [0.29, 0.717) is 18.0 Å². The number of rotatable bonds is 2. The highest BCUT2D eigenvalue weighted by Gasteiger charge is 2.66. The SMILES string of the molecule is COc1ccc2c3c1O[C@H]1[C@H](N4CCCc5ccccc54)CC[C@H]4[C@H](C2)N(C)CC[C@@]341. The van der Waals surface area contributed by atoms with Crippen molar-refractivity contribution in [1.29, 1.82) is 0 Å². The molecule has 3 heterocycles. The first-order valence-electron chi connectivity index (χ1n) is 12.1. The van der Waals surface area contributed by atoms with Crippen molar-refractivity contribution in [3.8, 4) is 11.5 Å². The maximum atomic E-state index is 7.03. The normalized spacial score (nSPS) is 35.2. The molecule has 0 unspecified atom stereocenters. The number of likely N-dealkylation sites (N-methyl/N-ethyl adjacent to an activating group) is 1. The summed E-state index contributed by atoms with van der Waals surface area (Å²) in [6.45, 7) is 2.31. The van der Waals surface area contributed by atoms with Gasteiger partial charge in [-0.2, -0.15) is 0 Å². The average Bonchev–Trinajstić information content (AvgIpc) is 3.16. The standard InChI is InChI=1S/C27H32N2O2/c1-28-15-13-27-19-10-11-21(29-14-5-7-17-6-3-4-8-20(17)29)26(27)31-25-23(30-2)12-9-18(24(25)27)16-22(19)28/h3-4,6,8-9,12,19,21-22,26H,5,7,10-11,13-16H2,1-2H3/t19-,21+,22-,26-,27-/m0/s1. The zero-order valence-corrected chi connectivity index (χ0v) is 18.6. The summed E-state index contributed by atoms with van der Waals surface area (Å²) in [6.07, 6.45) is 7.54. The van der Waals surface area contributed by atoms with E-state index in [9.17, 15) is 0 Å². The van der Waals surface area contributed by atoms with Crippen LogP contribution in [0.4, 0.5) is 5.69 Å². The Kier molecular flexibility index (Phi) is 3.80. The van der Waals surface area contributed by atoms with Gasteiger partial charge in [0.15, 0.2) is 11.5 Å². The number of benzene rings is 2. The van der Waals surface area contributed by atoms with Gasteiger partial charge in [0.05, 0.1) is 13.2 Å². The zero-order chi connectivity index (χ0) is 20.7. The molecule has 4 nitrogen and oxygen atoms in total. The van der Waals surface area contributed by atoms with Crippen molar-refractivity contribution in [2.75, 3.05) is 32.1 Å². The van der Waals surface area contributed by atoms with Crippen molar-refractivity contribution >= 4 is 5.69 Å². The first-order chi connectivity index (χ1) is 15.2. The highest BCUT2D eigenvalue weighted by Crippen LogP contribution is 2.64. The molecule has 2 aromatic rings. The van der Waals surface area contributed by atoms with E-state index in [1.807, 2.05) is 0 Å². The van der Waals surface area contributed by atoms with Gasteiger partial charge in [-0.05, 0) is 81.3 Å². The molecular weight excluding hydrogens is 384 g/mol. The van der Waals surface area contributed by atoms with Crippen molar-refractivity contribution in [3.63, 3.8) is 0 Å². The lowest BCUT2D eigenvalue weighted by atomic mass is 9.51. The van der Waals surface area contributed by atoms with Crippen molar-refractivity contribution in [3.05, 3.63) is 53.1 Å². The van der Waals surface area contributed by atoms with Crippen molar-refractivity contribution in [2.45, 2.75) is 62.1 Å². The minimum atomic E-state index is 0.143. The molecule has 3 aliphatic heterocycles. The summed E-state index contributed by atoms with van der Waals surface area (Å²) in [5, 5.41) is 0. The number of nitrogens with zero attached hydrogens (tertiary/aromatic N) is 2. The minimum Gasteiger partial charge on any atom is -0.493 e. The molecule has 2 fully saturated rings. The highest BCUT2D eigenvalue weighted by atomic mass is 16.5.